The second-order valence-electron chi connectivity index (χ2n) is 9.00. The molecule has 8 nitrogen and oxygen atoms in total. The maximum absolute atomic E-state index is 13.5. The van der Waals surface area contributed by atoms with Crippen LogP contribution in [0.2, 0.25) is 0 Å². The number of hydrogen-bond acceptors (Lipinski definition) is 6. The van der Waals surface area contributed by atoms with E-state index in [1.807, 2.05) is 60.7 Å². The van der Waals surface area contributed by atoms with Crippen LogP contribution in [0.5, 0.6) is 0 Å². The van der Waals surface area contributed by atoms with E-state index in [0.717, 1.165) is 11.1 Å². The van der Waals surface area contributed by atoms with Crippen molar-refractivity contribution in [3.63, 3.8) is 0 Å². The maximum atomic E-state index is 13.5. The fourth-order valence-corrected chi connectivity index (χ4v) is 5.63. The van der Waals surface area contributed by atoms with Crippen LogP contribution in [0.4, 0.5) is 4.79 Å². The van der Waals surface area contributed by atoms with Gasteiger partial charge in [-0.25, -0.2) is 13.2 Å². The van der Waals surface area contributed by atoms with E-state index in [4.69, 9.17) is 9.47 Å². The zero-order valence-corrected chi connectivity index (χ0v) is 22.7. The van der Waals surface area contributed by atoms with Gasteiger partial charge in [-0.3, -0.25) is 0 Å². The van der Waals surface area contributed by atoms with E-state index in [1.54, 1.807) is 32.4 Å². The van der Waals surface area contributed by atoms with E-state index in [2.05, 4.69) is 0 Å². The third-order valence-corrected chi connectivity index (χ3v) is 8.13. The van der Waals surface area contributed by atoms with Crippen molar-refractivity contribution < 1.29 is 27.8 Å². The first-order chi connectivity index (χ1) is 18.3. The molecule has 0 spiro atoms. The molecule has 38 heavy (non-hydrogen) atoms. The number of sulfonamides is 1. The first-order valence-electron chi connectivity index (χ1n) is 12.5. The van der Waals surface area contributed by atoms with E-state index in [-0.39, 0.29) is 24.6 Å². The summed E-state index contributed by atoms with van der Waals surface area (Å²) in [5.41, 5.74) is 1.74. The van der Waals surface area contributed by atoms with Crippen molar-refractivity contribution in [1.29, 1.82) is 0 Å². The van der Waals surface area contributed by atoms with Crippen molar-refractivity contribution in [2.24, 2.45) is 0 Å². The molecular formula is C29H36N2O6S. The summed E-state index contributed by atoms with van der Waals surface area (Å²) in [5, 5.41) is 11.4. The molecule has 0 radical (unpaired) electrons. The molecule has 1 amide bonds. The van der Waals surface area contributed by atoms with E-state index >= 15 is 0 Å². The van der Waals surface area contributed by atoms with Gasteiger partial charge in [0.15, 0.2) is 0 Å². The molecule has 204 valence electrons. The van der Waals surface area contributed by atoms with Gasteiger partial charge in [0.25, 0.3) is 0 Å². The van der Waals surface area contributed by atoms with Crippen LogP contribution in [-0.4, -0.2) is 74.8 Å². The van der Waals surface area contributed by atoms with Gasteiger partial charge in [-0.1, -0.05) is 78.9 Å². The zero-order valence-electron chi connectivity index (χ0n) is 21.8. The van der Waals surface area contributed by atoms with Crippen LogP contribution in [0.1, 0.15) is 17.5 Å². The first kappa shape index (κ1) is 29.3. The van der Waals surface area contributed by atoms with Crippen molar-refractivity contribution >= 4 is 16.1 Å². The standard InChI is InChI=1S/C29H36N2O6S/c1-30(29(33)37-23-25-15-8-4-9-16-25)27(21-24-13-6-3-7-14-24)28(32)22-31(19-12-20-36-2)38(34,35)26-17-10-5-11-18-26/h3-11,13-18,27-28,32H,12,19-23H2,1-2H3/t27-,28+/m0/s1. The number of hydrogen-bond donors (Lipinski definition) is 1. The fourth-order valence-electron chi connectivity index (χ4n) is 4.11. The lowest BCUT2D eigenvalue weighted by atomic mass is 10.00. The van der Waals surface area contributed by atoms with Crippen LogP contribution in [0.15, 0.2) is 95.9 Å². The van der Waals surface area contributed by atoms with Crippen molar-refractivity contribution in [2.75, 3.05) is 33.9 Å². The van der Waals surface area contributed by atoms with Crippen molar-refractivity contribution in [3.8, 4) is 0 Å². The van der Waals surface area contributed by atoms with Gasteiger partial charge in [0.1, 0.15) is 6.61 Å². The topological polar surface area (TPSA) is 96.4 Å². The molecule has 0 unspecified atom stereocenters. The summed E-state index contributed by atoms with van der Waals surface area (Å²) in [4.78, 5) is 14.5. The van der Waals surface area contributed by atoms with E-state index in [1.165, 1.54) is 21.3 Å². The number of methoxy groups -OCH3 is 1. The molecule has 0 aliphatic carbocycles. The van der Waals surface area contributed by atoms with Crippen LogP contribution in [0.25, 0.3) is 0 Å². The van der Waals surface area contributed by atoms with E-state index < -0.39 is 28.3 Å². The van der Waals surface area contributed by atoms with Gasteiger partial charge in [0, 0.05) is 33.9 Å². The molecule has 0 heterocycles. The molecule has 0 bridgehead atoms. The van der Waals surface area contributed by atoms with Gasteiger partial charge < -0.3 is 19.5 Å². The molecule has 2 atom stereocenters. The number of aliphatic hydroxyl groups excluding tert-OH is 1. The molecule has 0 saturated heterocycles. The van der Waals surface area contributed by atoms with Gasteiger partial charge in [-0.05, 0) is 36.1 Å². The minimum absolute atomic E-state index is 0.0870. The van der Waals surface area contributed by atoms with Crippen molar-refractivity contribution in [3.05, 3.63) is 102 Å². The Morgan fingerprint density at radius 2 is 1.45 bits per heavy atom. The van der Waals surface area contributed by atoms with Gasteiger partial charge in [-0.15, -0.1) is 0 Å². The third kappa shape index (κ3) is 8.39. The second-order valence-corrected chi connectivity index (χ2v) is 10.9. The number of nitrogens with zero attached hydrogens (tertiary/aromatic N) is 2. The average molecular weight is 541 g/mol. The number of amides is 1. The fraction of sp³-hybridized carbons (Fsp3) is 0.345. The maximum Gasteiger partial charge on any atom is 0.410 e. The number of ether oxygens (including phenoxy) is 2. The monoisotopic (exact) mass is 540 g/mol. The minimum atomic E-state index is -3.89. The lowest BCUT2D eigenvalue weighted by Crippen LogP contribution is -2.51. The number of rotatable bonds is 14. The lowest BCUT2D eigenvalue weighted by Gasteiger charge is -2.34. The lowest BCUT2D eigenvalue weighted by molar-refractivity contribution is 0.0334. The largest absolute Gasteiger partial charge is 0.445 e. The van der Waals surface area contributed by atoms with Crippen molar-refractivity contribution in [1.82, 2.24) is 9.21 Å². The van der Waals surface area contributed by atoms with Crippen LogP contribution >= 0.6 is 0 Å². The Morgan fingerprint density at radius 3 is 2.03 bits per heavy atom. The Balaban J connectivity index is 1.82. The van der Waals surface area contributed by atoms with Crippen molar-refractivity contribution in [2.45, 2.75) is 36.5 Å². The zero-order chi connectivity index (χ0) is 27.4. The van der Waals surface area contributed by atoms with E-state index in [9.17, 15) is 18.3 Å². The molecule has 0 aliphatic rings. The number of likely N-dealkylation sites (N-methyl/N-ethyl adjacent to an activating group) is 1. The molecule has 3 aromatic carbocycles. The summed E-state index contributed by atoms with van der Waals surface area (Å²) >= 11 is 0. The summed E-state index contributed by atoms with van der Waals surface area (Å²) in [6.45, 7) is 0.414. The molecule has 0 saturated carbocycles. The first-order valence-corrected chi connectivity index (χ1v) is 14.0. The average Bonchev–Trinajstić information content (AvgIpc) is 2.95. The highest BCUT2D eigenvalue weighted by Crippen LogP contribution is 2.20. The molecule has 0 fully saturated rings. The van der Waals surface area contributed by atoms with Gasteiger partial charge in [0.05, 0.1) is 17.0 Å². The summed E-state index contributed by atoms with van der Waals surface area (Å²) in [6, 6.07) is 26.1. The predicted octanol–water partition coefficient (Wildman–Crippen LogP) is 3.95. The SMILES string of the molecule is COCCCN(C[C@@H](O)[C@H](Cc1ccccc1)N(C)C(=O)OCc1ccccc1)S(=O)(=O)c1ccccc1. The summed E-state index contributed by atoms with van der Waals surface area (Å²) in [6.07, 6.45) is -1.03. The molecule has 9 heteroatoms. The Morgan fingerprint density at radius 1 is 0.895 bits per heavy atom. The molecular weight excluding hydrogens is 504 g/mol. The van der Waals surface area contributed by atoms with Crippen LogP contribution in [-0.2, 0) is 32.5 Å². The molecule has 0 aliphatic heterocycles. The number of carbonyl (C=O) groups is 1. The summed E-state index contributed by atoms with van der Waals surface area (Å²) in [5.74, 6) is 0. The Hall–Kier alpha value is -3.24. The summed E-state index contributed by atoms with van der Waals surface area (Å²) < 4.78 is 38.8. The minimum Gasteiger partial charge on any atom is -0.445 e. The van der Waals surface area contributed by atoms with Gasteiger partial charge >= 0.3 is 6.09 Å². The number of carbonyl (C=O) groups excluding carboxylic acids is 1. The molecule has 1 N–H and O–H groups in total. The third-order valence-electron chi connectivity index (χ3n) is 6.25. The molecule has 0 aromatic heterocycles. The predicted molar refractivity (Wildman–Crippen MR) is 146 cm³/mol. The van der Waals surface area contributed by atoms with Crippen LogP contribution in [0.3, 0.4) is 0 Å². The van der Waals surface area contributed by atoms with Crippen LogP contribution < -0.4 is 0 Å². The van der Waals surface area contributed by atoms with Crippen LogP contribution in [0, 0.1) is 0 Å². The smallest absolute Gasteiger partial charge is 0.410 e. The highest BCUT2D eigenvalue weighted by Gasteiger charge is 2.33. The Bertz CT molecular complexity index is 1210. The number of aliphatic hydroxyl groups is 1. The molecule has 3 aromatic rings. The highest BCUT2D eigenvalue weighted by molar-refractivity contribution is 7.89. The highest BCUT2D eigenvalue weighted by atomic mass is 32.2. The normalized spacial score (nSPS) is 13.2. The number of benzene rings is 3. The Labute approximate surface area is 225 Å². The van der Waals surface area contributed by atoms with Gasteiger partial charge in [0.2, 0.25) is 10.0 Å². The van der Waals surface area contributed by atoms with E-state index in [0.29, 0.717) is 19.4 Å². The Kier molecular flexibility index (Phi) is 11.3. The summed E-state index contributed by atoms with van der Waals surface area (Å²) in [7, 11) is -0.779. The second kappa shape index (κ2) is 14.6. The van der Waals surface area contributed by atoms with Gasteiger partial charge in [-0.2, -0.15) is 4.31 Å². The molecule has 3 rings (SSSR count). The quantitative estimate of drug-likeness (QED) is 0.311.